The molecule has 1 aromatic heterocycles. The molecule has 4 heterocycles. The number of ether oxygens (including phenoxy) is 3. The second-order valence-electron chi connectivity index (χ2n) is 13.3. The van der Waals surface area contributed by atoms with E-state index in [1.54, 1.807) is 24.5 Å². The number of carbonyl (C=O) groups excluding carboxylic acids is 2. The Morgan fingerprint density at radius 1 is 1.04 bits per heavy atom. The van der Waals surface area contributed by atoms with E-state index >= 15 is 0 Å². The van der Waals surface area contributed by atoms with Gasteiger partial charge in [-0.2, -0.15) is 9.90 Å². The van der Waals surface area contributed by atoms with Crippen LogP contribution in [0, 0.1) is 13.8 Å². The molecule has 3 aliphatic heterocycles. The largest absolute Gasteiger partial charge is 0.548 e. The molecule has 1 fully saturated rings. The zero-order valence-corrected chi connectivity index (χ0v) is 29.3. The molecule has 0 bridgehead atoms. The summed E-state index contributed by atoms with van der Waals surface area (Å²) in [4.78, 5) is 48.4. The van der Waals surface area contributed by atoms with Crippen molar-refractivity contribution >= 4 is 28.6 Å². The van der Waals surface area contributed by atoms with Gasteiger partial charge in [0.2, 0.25) is 12.4 Å². The number of rotatable bonds is 11. The van der Waals surface area contributed by atoms with Crippen LogP contribution in [-0.2, 0) is 23.9 Å². The molecule has 3 aliphatic rings. The Bertz CT molecular complexity index is 2230. The molecule has 5 N–H and O–H groups in total. The van der Waals surface area contributed by atoms with E-state index in [0.29, 0.717) is 10.6 Å². The third kappa shape index (κ3) is 7.15. The number of carboxylic acid groups (broad SMARTS) is 1. The summed E-state index contributed by atoms with van der Waals surface area (Å²) in [6, 6.07) is 14.4. The molecule has 4 aromatic rings. The number of aryl methyl sites for hydroxylation is 2. The van der Waals surface area contributed by atoms with Gasteiger partial charge < -0.3 is 49.2 Å². The molecule has 54 heavy (non-hydrogen) atoms. The molecule has 1 saturated heterocycles. The van der Waals surface area contributed by atoms with Crippen molar-refractivity contribution in [3.05, 3.63) is 118 Å². The van der Waals surface area contributed by atoms with E-state index in [1.165, 1.54) is 43.6 Å². The Morgan fingerprint density at radius 3 is 2.48 bits per heavy atom. The van der Waals surface area contributed by atoms with Crippen molar-refractivity contribution in [2.75, 3.05) is 13.7 Å². The molecule has 2 unspecified atom stereocenters. The SMILES string of the molecule is CN[C@H](C(=O)[O-])C(=O)OC[C@@H]1O[C@H](Oc2ccc3c(=O)c(-c4ccc(O)cc4)coc3c2)[C@H](O[NH+]2C=C3C=CN=C3C2c2cc(C)cc(C)c2)[C@H](O)[C@H]1O. The topological polar surface area (TPSA) is 214 Å². The minimum absolute atomic E-state index is 0.0490. The maximum atomic E-state index is 13.4. The van der Waals surface area contributed by atoms with Gasteiger partial charge in [0.15, 0.2) is 11.5 Å². The summed E-state index contributed by atoms with van der Waals surface area (Å²) in [5.74, 6) is -2.73. The number of nitrogens with zero attached hydrogens (tertiary/aromatic N) is 1. The normalized spacial score (nSPS) is 25.2. The van der Waals surface area contributed by atoms with Gasteiger partial charge in [-0.25, -0.2) is 4.79 Å². The van der Waals surface area contributed by atoms with Crippen molar-refractivity contribution in [2.45, 2.75) is 56.6 Å². The van der Waals surface area contributed by atoms with Crippen molar-refractivity contribution < 1.29 is 58.5 Å². The molecule has 15 nitrogen and oxygen atoms in total. The summed E-state index contributed by atoms with van der Waals surface area (Å²) in [5, 5.41) is 46.8. The Kier molecular flexibility index (Phi) is 10.2. The van der Waals surface area contributed by atoms with E-state index in [1.807, 2.05) is 38.1 Å². The molecule has 0 amide bonds. The smallest absolute Gasteiger partial charge is 0.329 e. The summed E-state index contributed by atoms with van der Waals surface area (Å²) in [6.07, 6.45) is -0.967. The molecular weight excluding hydrogens is 702 g/mol. The number of aliphatic carboxylic acids is 1. The minimum Gasteiger partial charge on any atom is -0.548 e. The van der Waals surface area contributed by atoms with E-state index < -0.39 is 61.3 Å². The van der Waals surface area contributed by atoms with E-state index in [9.17, 15) is 34.8 Å². The Morgan fingerprint density at radius 2 is 1.78 bits per heavy atom. The molecule has 280 valence electrons. The van der Waals surface area contributed by atoms with Crippen molar-refractivity contribution in [3.63, 3.8) is 0 Å². The Labute approximate surface area is 307 Å². The standard InChI is InChI=1S/C39H37N3O12/c1-19-12-20(2)14-23(13-19)32-30-22(10-11-41-30)16-42(32)54-36-35(46)34(45)29(18-51-38(49)31(40-3)37(47)48)53-39(36)52-25-8-9-26-28(15-25)50-17-27(33(26)44)21-4-6-24(43)7-5-21/h4-17,29,31-32,34-36,39-40,43,45-46H,18H2,1-3H3,(H,47,48)/t29-,31+,32?,34-,35+,36+,39-/m0/s1. The maximum absolute atomic E-state index is 13.4. The number of quaternary nitrogens is 1. The van der Waals surface area contributed by atoms with Crippen LogP contribution in [0.2, 0.25) is 0 Å². The minimum atomic E-state index is -1.79. The van der Waals surface area contributed by atoms with Crippen LogP contribution >= 0.6 is 0 Å². The predicted molar refractivity (Wildman–Crippen MR) is 189 cm³/mol. The van der Waals surface area contributed by atoms with Crippen LogP contribution < -0.4 is 25.7 Å². The molecule has 0 spiro atoms. The number of allylic oxidation sites excluding steroid dienone is 1. The monoisotopic (exact) mass is 739 g/mol. The summed E-state index contributed by atoms with van der Waals surface area (Å²) in [7, 11) is 1.24. The molecule has 7 rings (SSSR count). The maximum Gasteiger partial charge on any atom is 0.329 e. The number of benzene rings is 3. The van der Waals surface area contributed by atoms with Crippen LogP contribution in [0.15, 0.2) is 105 Å². The predicted octanol–water partition coefficient (Wildman–Crippen LogP) is 0.281. The van der Waals surface area contributed by atoms with Crippen LogP contribution in [0.4, 0.5) is 0 Å². The van der Waals surface area contributed by atoms with Gasteiger partial charge in [-0.05, 0) is 68.9 Å². The molecule has 15 heteroatoms. The molecular formula is C39H37N3O12. The fraction of sp³-hybridized carbons (Fsp3) is 0.282. The van der Waals surface area contributed by atoms with Crippen molar-refractivity contribution in [2.24, 2.45) is 4.99 Å². The Hall–Kier alpha value is -5.68. The lowest BCUT2D eigenvalue weighted by atomic mass is 9.97. The number of phenols is 1. The first kappa shape index (κ1) is 36.7. The van der Waals surface area contributed by atoms with E-state index in [4.69, 9.17) is 23.5 Å². The highest BCUT2D eigenvalue weighted by Crippen LogP contribution is 2.31. The van der Waals surface area contributed by atoms with Crippen LogP contribution in [0.1, 0.15) is 22.7 Å². The number of fused-ring (bicyclic) bond motifs is 2. The number of hydrogen-bond acceptors (Lipinski definition) is 14. The molecule has 3 aromatic carbocycles. The molecule has 0 radical (unpaired) electrons. The number of carboxylic acids is 1. The van der Waals surface area contributed by atoms with Gasteiger partial charge in [0, 0.05) is 17.8 Å². The number of aliphatic hydroxyl groups is 2. The average Bonchev–Trinajstić information content (AvgIpc) is 3.72. The van der Waals surface area contributed by atoms with Gasteiger partial charge >= 0.3 is 5.97 Å². The summed E-state index contributed by atoms with van der Waals surface area (Å²) >= 11 is 0. The highest BCUT2D eigenvalue weighted by molar-refractivity contribution is 6.08. The average molecular weight is 740 g/mol. The number of hydrogen-bond donors (Lipinski definition) is 5. The number of phenolic OH excluding ortho intramolecular Hbond substituents is 1. The van der Waals surface area contributed by atoms with Gasteiger partial charge in [-0.3, -0.25) is 9.79 Å². The number of aliphatic hydroxyl groups excluding tert-OH is 2. The number of nitrogens with one attached hydrogen (secondary N) is 2. The Balaban J connectivity index is 1.20. The van der Waals surface area contributed by atoms with Crippen LogP contribution in [0.5, 0.6) is 11.5 Å². The molecule has 0 saturated carbocycles. The first-order valence-corrected chi connectivity index (χ1v) is 17.1. The number of aromatic hydroxyl groups is 1. The van der Waals surface area contributed by atoms with Gasteiger partial charge in [0.1, 0.15) is 66.2 Å². The van der Waals surface area contributed by atoms with Gasteiger partial charge in [-0.15, -0.1) is 0 Å². The second-order valence-corrected chi connectivity index (χ2v) is 13.3. The quantitative estimate of drug-likeness (QED) is 0.103. The highest BCUT2D eigenvalue weighted by atomic mass is 16.8. The fourth-order valence-electron chi connectivity index (χ4n) is 6.85. The number of carbonyl (C=O) groups is 2. The summed E-state index contributed by atoms with van der Waals surface area (Å²) in [6.45, 7) is 3.30. The van der Waals surface area contributed by atoms with Crippen LogP contribution in [-0.4, -0.2) is 83.4 Å². The lowest BCUT2D eigenvalue weighted by Gasteiger charge is -2.41. The lowest BCUT2D eigenvalue weighted by Crippen LogP contribution is -3.07. The number of aliphatic imine (C=N–C) groups is 1. The van der Waals surface area contributed by atoms with Crippen LogP contribution in [0.3, 0.4) is 0 Å². The van der Waals surface area contributed by atoms with E-state index in [0.717, 1.165) is 28.0 Å². The van der Waals surface area contributed by atoms with E-state index in [2.05, 4.69) is 10.3 Å². The van der Waals surface area contributed by atoms with Gasteiger partial charge in [-0.1, -0.05) is 29.3 Å². The first-order chi connectivity index (χ1) is 25.9. The van der Waals surface area contributed by atoms with Crippen LogP contribution in [0.25, 0.3) is 22.1 Å². The highest BCUT2D eigenvalue weighted by Gasteiger charge is 2.52. The third-order valence-corrected chi connectivity index (χ3v) is 9.44. The third-order valence-electron chi connectivity index (χ3n) is 9.44. The summed E-state index contributed by atoms with van der Waals surface area (Å²) in [5.41, 5.74) is 5.16. The zero-order chi connectivity index (χ0) is 38.3. The number of hydroxylamine groups is 2. The van der Waals surface area contributed by atoms with Gasteiger partial charge in [0.05, 0.1) is 22.5 Å². The first-order valence-electron chi connectivity index (χ1n) is 17.1. The lowest BCUT2D eigenvalue weighted by molar-refractivity contribution is -1.07. The van der Waals surface area contributed by atoms with E-state index in [-0.39, 0.29) is 33.5 Å². The van der Waals surface area contributed by atoms with Crippen molar-refractivity contribution in [1.82, 2.24) is 5.32 Å². The number of esters is 1. The fourth-order valence-corrected chi connectivity index (χ4v) is 6.85. The van der Waals surface area contributed by atoms with Crippen molar-refractivity contribution in [3.8, 4) is 22.6 Å². The van der Waals surface area contributed by atoms with Gasteiger partial charge in [0.25, 0.3) is 0 Å². The summed E-state index contributed by atoms with van der Waals surface area (Å²) < 4.78 is 23.3. The molecule has 0 aliphatic carbocycles. The zero-order valence-electron chi connectivity index (χ0n) is 29.3. The number of likely N-dealkylation sites (N-methyl/N-ethyl adjacent to an activating group) is 1. The second kappa shape index (κ2) is 15.0. The molecule has 8 atom stereocenters. The van der Waals surface area contributed by atoms with Crippen molar-refractivity contribution in [1.29, 1.82) is 0 Å².